The average molecular weight is 1550 g/mol. The van der Waals surface area contributed by atoms with Gasteiger partial charge in [-0.1, -0.05) is 311 Å². The van der Waals surface area contributed by atoms with Crippen molar-refractivity contribution < 1.29 is 4.42 Å². The number of para-hydroxylation sites is 6. The number of hydrogen-bond donors (Lipinski definition) is 0. The summed E-state index contributed by atoms with van der Waals surface area (Å²) in [7, 11) is 0. The van der Waals surface area contributed by atoms with Crippen molar-refractivity contribution in [1.29, 1.82) is 0 Å². The molecule has 2 aliphatic heterocycles. The van der Waals surface area contributed by atoms with Crippen LogP contribution in [0.3, 0.4) is 0 Å². The van der Waals surface area contributed by atoms with Gasteiger partial charge >= 0.3 is 0 Å². The van der Waals surface area contributed by atoms with Gasteiger partial charge in [-0.15, -0.1) is 0 Å². The highest BCUT2D eigenvalue weighted by Crippen LogP contribution is 2.56. The quantitative estimate of drug-likeness (QED) is 0.128. The van der Waals surface area contributed by atoms with Crippen LogP contribution in [0.2, 0.25) is 0 Å². The predicted molar refractivity (Wildman–Crippen MR) is 514 cm³/mol. The lowest BCUT2D eigenvalue weighted by Crippen LogP contribution is -2.61. The highest BCUT2D eigenvalue weighted by molar-refractivity contribution is 7.00. The molecule has 0 unspecified atom stereocenters. The zero-order valence-electron chi connectivity index (χ0n) is 69.4. The van der Waals surface area contributed by atoms with E-state index in [0.717, 1.165) is 162 Å². The minimum Gasteiger partial charge on any atom is -0.456 e. The third-order valence-corrected chi connectivity index (χ3v) is 26.1. The second-order valence-corrected chi connectivity index (χ2v) is 36.3. The second-order valence-electron chi connectivity index (χ2n) is 36.3. The summed E-state index contributed by atoms with van der Waals surface area (Å²) in [5.41, 5.74) is 36.2. The number of aromatic nitrogens is 3. The molecule has 0 fully saturated rings. The van der Waals surface area contributed by atoms with Crippen LogP contribution in [0.4, 0.5) is 34.1 Å². The molecule has 0 spiro atoms. The van der Waals surface area contributed by atoms with Crippen LogP contribution in [0.25, 0.3) is 160 Å². The van der Waals surface area contributed by atoms with Crippen LogP contribution in [0.1, 0.15) is 79.0 Å². The smallest absolute Gasteiger partial charge is 0.252 e. The number of nitrogens with zero attached hydrogens (tertiary/aromatic N) is 5. The van der Waals surface area contributed by atoms with Gasteiger partial charge in [-0.2, -0.15) is 0 Å². The van der Waals surface area contributed by atoms with Crippen molar-refractivity contribution in [3.05, 3.63) is 387 Å². The highest BCUT2D eigenvalue weighted by atomic mass is 16.3. The van der Waals surface area contributed by atoms with Gasteiger partial charge in [-0.25, -0.2) is 0 Å². The minimum absolute atomic E-state index is 0.0911. The molecule has 0 radical (unpaired) electrons. The largest absolute Gasteiger partial charge is 0.456 e. The van der Waals surface area contributed by atoms with Crippen LogP contribution in [0.15, 0.2) is 374 Å². The topological polar surface area (TPSA) is 34.4 Å². The molecule has 6 nitrogen and oxygen atoms in total. The van der Waals surface area contributed by atoms with E-state index in [1.54, 1.807) is 0 Å². The maximum Gasteiger partial charge on any atom is 0.252 e. The van der Waals surface area contributed by atoms with E-state index in [1.807, 2.05) is 0 Å². The van der Waals surface area contributed by atoms with Crippen LogP contribution in [0.5, 0.6) is 0 Å². The lowest BCUT2D eigenvalue weighted by atomic mass is 9.33. The van der Waals surface area contributed by atoms with E-state index in [-0.39, 0.29) is 23.0 Å². The van der Waals surface area contributed by atoms with E-state index in [0.29, 0.717) is 0 Å². The lowest BCUT2D eigenvalue weighted by molar-refractivity contribution is 0.590. The molecule has 0 aliphatic carbocycles. The third kappa shape index (κ3) is 11.3. The molecule has 6 heterocycles. The summed E-state index contributed by atoms with van der Waals surface area (Å²) in [4.78, 5) is 5.42. The van der Waals surface area contributed by atoms with Gasteiger partial charge in [0, 0.05) is 99.5 Å². The molecule has 0 N–H and O–H groups in total. The summed E-state index contributed by atoms with van der Waals surface area (Å²) in [6.07, 6.45) is 0. The average Bonchev–Trinajstić information content (AvgIpc) is 1.32. The number of furan rings is 1. The Morgan fingerprint density at radius 3 is 1.17 bits per heavy atom. The first-order valence-electron chi connectivity index (χ1n) is 42.6. The van der Waals surface area contributed by atoms with Gasteiger partial charge in [0.1, 0.15) is 11.2 Å². The molecule has 23 rings (SSSR count). The molecular weight excluding hydrogens is 1470 g/mol. The molecule has 21 aromatic rings. The van der Waals surface area contributed by atoms with E-state index in [4.69, 9.17) is 4.42 Å². The van der Waals surface area contributed by atoms with Crippen LogP contribution < -0.4 is 26.2 Å². The first-order valence-corrected chi connectivity index (χ1v) is 42.6. The molecule has 0 saturated heterocycles. The van der Waals surface area contributed by atoms with E-state index in [1.165, 1.54) is 65.4 Å². The van der Waals surface area contributed by atoms with E-state index in [9.17, 15) is 0 Å². The Hall–Kier alpha value is -14.4. The molecule has 17 aromatic carbocycles. The van der Waals surface area contributed by atoms with Crippen molar-refractivity contribution in [2.24, 2.45) is 0 Å². The number of fused-ring (bicyclic) bond motifs is 16. The number of hydrogen-bond acceptors (Lipinski definition) is 3. The van der Waals surface area contributed by atoms with Gasteiger partial charge in [0.25, 0.3) is 6.71 Å². The first kappa shape index (κ1) is 71.9. The Balaban J connectivity index is 0.918. The lowest BCUT2D eigenvalue weighted by Gasteiger charge is -2.46. The minimum atomic E-state index is -0.333. The Morgan fingerprint density at radius 2 is 0.645 bits per heavy atom. The van der Waals surface area contributed by atoms with Gasteiger partial charge in [-0.05, 0) is 204 Å². The fourth-order valence-electron chi connectivity index (χ4n) is 20.2. The van der Waals surface area contributed by atoms with Crippen molar-refractivity contribution in [3.63, 3.8) is 0 Å². The molecule has 0 bridgehead atoms. The van der Waals surface area contributed by atoms with E-state index < -0.39 is 0 Å². The molecule has 4 aromatic heterocycles. The Bertz CT molecular complexity index is 7610. The molecule has 2 aliphatic rings. The first-order chi connectivity index (χ1) is 58.9. The number of rotatable bonds is 10. The Kier molecular flexibility index (Phi) is 16.1. The van der Waals surface area contributed by atoms with E-state index in [2.05, 4.69) is 456 Å². The zero-order chi connectivity index (χ0) is 81.5. The standard InChI is InChI=1S/C114H88BN5O/c1-112(2,3)76-52-60-99(90(66-76)73-35-17-12-18-36-73)119-103-69-79(116-95-45-24-19-37-84(95)85-38-20-25-46-96(85)116)55-58-93(103)115-94-59-56-80(117-100-61-53-77(113(4,5)6)67-91(100)92-68-78(114(7,8)9)54-62-101(92)117)70-104(94)120(111-82(71-31-13-10-14-32-71)43-29-44-83(111)72-33-15-11-16-34-72)106-64-75(63-105(119)110(106)115)109-81(74-51-57-89-88-41-23-28-50-107(88)121-108(89)65-74)42-30-49-102(109)118-97-47-26-21-39-86(97)87-40-22-27-48-98(87)118/h10-70H,1-9H3. The Morgan fingerprint density at radius 1 is 0.231 bits per heavy atom. The zero-order valence-corrected chi connectivity index (χ0v) is 69.4. The highest BCUT2D eigenvalue weighted by Gasteiger charge is 2.46. The van der Waals surface area contributed by atoms with Crippen molar-refractivity contribution in [1.82, 2.24) is 13.7 Å². The molecular formula is C114H88BN5O. The van der Waals surface area contributed by atoms with E-state index >= 15 is 0 Å². The molecule has 121 heavy (non-hydrogen) atoms. The molecule has 0 saturated carbocycles. The van der Waals surface area contributed by atoms with Crippen molar-refractivity contribution in [2.45, 2.75) is 78.6 Å². The van der Waals surface area contributed by atoms with Crippen molar-refractivity contribution >= 4 is 145 Å². The fourth-order valence-corrected chi connectivity index (χ4v) is 20.2. The van der Waals surface area contributed by atoms with Crippen LogP contribution in [-0.2, 0) is 16.2 Å². The maximum absolute atomic E-state index is 6.96. The van der Waals surface area contributed by atoms with Crippen LogP contribution >= 0.6 is 0 Å². The van der Waals surface area contributed by atoms with Crippen molar-refractivity contribution in [2.75, 3.05) is 9.80 Å². The third-order valence-electron chi connectivity index (χ3n) is 26.1. The maximum atomic E-state index is 6.96. The summed E-state index contributed by atoms with van der Waals surface area (Å²) in [6, 6.07) is 141. The summed E-state index contributed by atoms with van der Waals surface area (Å²) >= 11 is 0. The van der Waals surface area contributed by atoms with Gasteiger partial charge in [0.2, 0.25) is 0 Å². The van der Waals surface area contributed by atoms with Gasteiger partial charge in [-0.3, -0.25) is 0 Å². The predicted octanol–water partition coefficient (Wildman–Crippen LogP) is 29.2. The number of anilines is 6. The monoisotopic (exact) mass is 1550 g/mol. The van der Waals surface area contributed by atoms with Gasteiger partial charge in [0.15, 0.2) is 0 Å². The number of benzene rings is 17. The van der Waals surface area contributed by atoms with Crippen LogP contribution in [-0.4, -0.2) is 20.4 Å². The van der Waals surface area contributed by atoms with Crippen molar-refractivity contribution in [3.8, 4) is 72.7 Å². The Labute approximate surface area is 705 Å². The SMILES string of the molecule is CC(C)(C)c1ccc(N2c3cc(-n4c5ccccc5c5ccccc54)ccc3B3c4ccc(-n5c6ccc(C(C)(C)C)cc6c6cc(C(C)(C)C)ccc65)cc4N(c4c(-c5ccccc5)cccc4-c4ccccc4)c4cc(-c5c(-c6ccc7c(c6)oc6ccccc67)cccc5-n5c6ccccc6c6ccccc65)cc2c43)c(-c2ccccc2)c1. The molecule has 0 atom stereocenters. The molecule has 0 amide bonds. The summed E-state index contributed by atoms with van der Waals surface area (Å²) in [5.74, 6) is 0. The second kappa shape index (κ2) is 27.1. The summed E-state index contributed by atoms with van der Waals surface area (Å²) < 4.78 is 14.6. The molecule has 578 valence electrons. The summed E-state index contributed by atoms with van der Waals surface area (Å²) in [5, 5.41) is 9.46. The molecule has 7 heteroatoms. The van der Waals surface area contributed by atoms with Crippen LogP contribution in [0, 0.1) is 0 Å². The summed E-state index contributed by atoms with van der Waals surface area (Å²) in [6.45, 7) is 20.7. The normalized spacial score (nSPS) is 13.0. The van der Waals surface area contributed by atoms with Gasteiger partial charge in [0.05, 0.1) is 50.2 Å². The van der Waals surface area contributed by atoms with Gasteiger partial charge < -0.3 is 27.9 Å². The fraction of sp³-hybridized carbons (Fsp3) is 0.105.